The van der Waals surface area contributed by atoms with E-state index >= 15 is 0 Å². The number of pyridine rings is 1. The van der Waals surface area contributed by atoms with Crippen LogP contribution in [0.2, 0.25) is 0 Å². The van der Waals surface area contributed by atoms with Gasteiger partial charge in [-0.25, -0.2) is 13.8 Å². The quantitative estimate of drug-likeness (QED) is 0.636. The molecule has 0 spiro atoms. The van der Waals surface area contributed by atoms with Gasteiger partial charge in [-0.3, -0.25) is 0 Å². The molecule has 0 aliphatic rings. The van der Waals surface area contributed by atoms with E-state index in [1.165, 1.54) is 19.9 Å². The van der Waals surface area contributed by atoms with Crippen LogP contribution >= 0.6 is 15.9 Å². The van der Waals surface area contributed by atoms with Crippen LogP contribution in [-0.4, -0.2) is 4.98 Å². The lowest BCUT2D eigenvalue weighted by molar-refractivity contribution is -0.138. The Hall–Kier alpha value is -1.70. The van der Waals surface area contributed by atoms with Gasteiger partial charge in [-0.2, -0.15) is 13.2 Å². The van der Waals surface area contributed by atoms with E-state index in [4.69, 9.17) is 4.74 Å². The monoisotopic (exact) mass is 381 g/mol. The van der Waals surface area contributed by atoms with Crippen molar-refractivity contribution in [3.05, 3.63) is 51.1 Å². The van der Waals surface area contributed by atoms with E-state index in [9.17, 15) is 22.0 Å². The highest BCUT2D eigenvalue weighted by atomic mass is 79.9. The molecule has 0 aliphatic heterocycles. The molecule has 0 bridgehead atoms. The summed E-state index contributed by atoms with van der Waals surface area (Å²) in [6, 6.07) is 2.04. The first-order valence-corrected chi connectivity index (χ1v) is 6.77. The van der Waals surface area contributed by atoms with E-state index in [0.29, 0.717) is 6.20 Å². The number of rotatable bonds is 2. The second kappa shape index (κ2) is 5.83. The Morgan fingerprint density at radius 3 is 2.32 bits per heavy atom. The first-order valence-electron chi connectivity index (χ1n) is 5.97. The maximum absolute atomic E-state index is 13.5. The smallest absolute Gasteiger partial charge is 0.418 e. The van der Waals surface area contributed by atoms with E-state index < -0.39 is 23.4 Å². The number of hydrogen-bond donors (Lipinski definition) is 0. The number of nitrogens with zero attached hydrogens (tertiary/aromatic N) is 1. The third kappa shape index (κ3) is 3.06. The first kappa shape index (κ1) is 16.7. The molecule has 8 heteroatoms. The maximum Gasteiger partial charge on any atom is 0.418 e. The van der Waals surface area contributed by atoms with Crippen molar-refractivity contribution in [2.75, 3.05) is 0 Å². The molecular formula is C14H9BrF5NO. The minimum Gasteiger partial charge on any atom is -0.437 e. The van der Waals surface area contributed by atoms with Gasteiger partial charge < -0.3 is 4.74 Å². The molecule has 0 atom stereocenters. The molecule has 0 saturated carbocycles. The Labute approximate surface area is 131 Å². The molecule has 2 rings (SSSR count). The molecule has 0 fully saturated rings. The summed E-state index contributed by atoms with van der Waals surface area (Å²) in [6.07, 6.45) is -3.92. The van der Waals surface area contributed by atoms with Crippen LogP contribution in [0, 0.1) is 25.5 Å². The summed E-state index contributed by atoms with van der Waals surface area (Å²) in [7, 11) is 0. The highest BCUT2D eigenvalue weighted by Gasteiger charge is 2.34. The number of hydrogen-bond acceptors (Lipinski definition) is 2. The Balaban J connectivity index is 2.44. The van der Waals surface area contributed by atoms with Gasteiger partial charge in [-0.05, 0) is 47.5 Å². The maximum atomic E-state index is 13.5. The van der Waals surface area contributed by atoms with E-state index in [1.807, 2.05) is 0 Å². The fourth-order valence-electron chi connectivity index (χ4n) is 1.76. The van der Waals surface area contributed by atoms with Crippen LogP contribution in [-0.2, 0) is 6.18 Å². The van der Waals surface area contributed by atoms with Crippen molar-refractivity contribution < 1.29 is 26.7 Å². The van der Waals surface area contributed by atoms with Gasteiger partial charge in [0.2, 0.25) is 5.88 Å². The van der Waals surface area contributed by atoms with Crippen LogP contribution in [0.5, 0.6) is 11.6 Å². The second-order valence-corrected chi connectivity index (χ2v) is 5.29. The van der Waals surface area contributed by atoms with Crippen LogP contribution in [0.3, 0.4) is 0 Å². The zero-order valence-electron chi connectivity index (χ0n) is 11.4. The van der Waals surface area contributed by atoms with Crippen LogP contribution in [0.15, 0.2) is 22.8 Å². The van der Waals surface area contributed by atoms with E-state index in [2.05, 4.69) is 20.9 Å². The fraction of sp³-hybridized carbons (Fsp3) is 0.214. The summed E-state index contributed by atoms with van der Waals surface area (Å²) in [6.45, 7) is 2.54. The van der Waals surface area contributed by atoms with Gasteiger partial charge in [-0.15, -0.1) is 0 Å². The molecular weight excluding hydrogens is 373 g/mol. The molecule has 0 N–H and O–H groups in total. The molecule has 2 aromatic rings. The number of halogens is 6. The number of alkyl halides is 3. The summed E-state index contributed by atoms with van der Waals surface area (Å²) in [5.41, 5.74) is -1.13. The fourth-order valence-corrected chi connectivity index (χ4v) is 2.16. The van der Waals surface area contributed by atoms with Crippen molar-refractivity contribution in [1.82, 2.24) is 4.98 Å². The first-order chi connectivity index (χ1) is 10.1. The Kier molecular flexibility index (Phi) is 4.42. The van der Waals surface area contributed by atoms with Crippen molar-refractivity contribution in [3.8, 4) is 11.6 Å². The van der Waals surface area contributed by atoms with Gasteiger partial charge in [0.25, 0.3) is 0 Å². The molecule has 0 aliphatic carbocycles. The lowest BCUT2D eigenvalue weighted by atomic mass is 10.1. The Morgan fingerprint density at radius 1 is 1.09 bits per heavy atom. The number of benzene rings is 1. The van der Waals surface area contributed by atoms with Crippen molar-refractivity contribution in [2.24, 2.45) is 0 Å². The van der Waals surface area contributed by atoms with E-state index in [1.54, 1.807) is 0 Å². The van der Waals surface area contributed by atoms with Gasteiger partial charge in [0.15, 0.2) is 11.6 Å². The molecule has 22 heavy (non-hydrogen) atoms. The molecule has 2 nitrogen and oxygen atoms in total. The summed E-state index contributed by atoms with van der Waals surface area (Å²) in [4.78, 5) is 3.59. The van der Waals surface area contributed by atoms with Gasteiger partial charge in [0.1, 0.15) is 5.75 Å². The molecule has 0 radical (unpaired) electrons. The Morgan fingerprint density at radius 2 is 1.73 bits per heavy atom. The molecule has 1 aromatic carbocycles. The average Bonchev–Trinajstić information content (AvgIpc) is 2.43. The largest absolute Gasteiger partial charge is 0.437 e. The van der Waals surface area contributed by atoms with Crippen molar-refractivity contribution >= 4 is 15.9 Å². The molecule has 118 valence electrons. The SMILES string of the molecule is Cc1c(Oc2ncc(C(F)(F)F)c(C)c2Br)ccc(F)c1F. The van der Waals surface area contributed by atoms with Crippen molar-refractivity contribution in [3.63, 3.8) is 0 Å². The lowest BCUT2D eigenvalue weighted by Crippen LogP contribution is -2.09. The van der Waals surface area contributed by atoms with Crippen molar-refractivity contribution in [1.29, 1.82) is 0 Å². The number of ether oxygens (including phenoxy) is 1. The summed E-state index contributed by atoms with van der Waals surface area (Å²) in [5, 5.41) is 0. The zero-order valence-corrected chi connectivity index (χ0v) is 12.9. The van der Waals surface area contributed by atoms with Gasteiger partial charge in [0, 0.05) is 11.8 Å². The summed E-state index contributed by atoms with van der Waals surface area (Å²) >= 11 is 2.98. The van der Waals surface area contributed by atoms with Gasteiger partial charge in [-0.1, -0.05) is 0 Å². The third-order valence-electron chi connectivity index (χ3n) is 3.03. The molecule has 1 aromatic heterocycles. The summed E-state index contributed by atoms with van der Waals surface area (Å²) < 4.78 is 70.1. The zero-order chi connectivity index (χ0) is 16.7. The van der Waals surface area contributed by atoms with Crippen LogP contribution in [0.1, 0.15) is 16.7 Å². The average molecular weight is 382 g/mol. The Bertz CT molecular complexity index is 730. The molecule has 1 heterocycles. The molecule has 0 saturated heterocycles. The highest BCUT2D eigenvalue weighted by Crippen LogP contribution is 2.39. The third-order valence-corrected chi connectivity index (χ3v) is 3.97. The van der Waals surface area contributed by atoms with Crippen molar-refractivity contribution in [2.45, 2.75) is 20.0 Å². The highest BCUT2D eigenvalue weighted by molar-refractivity contribution is 9.10. The lowest BCUT2D eigenvalue weighted by Gasteiger charge is -2.15. The number of aromatic nitrogens is 1. The standard InChI is InChI=1S/C14H9BrF5NO/c1-6-8(14(18,19)20)5-21-13(11(6)15)22-10-4-3-9(16)12(17)7(10)2/h3-5H,1-2H3. The van der Waals surface area contributed by atoms with Crippen LogP contribution < -0.4 is 4.74 Å². The minimum absolute atomic E-state index is 0.00791. The van der Waals surface area contributed by atoms with Crippen LogP contribution in [0.25, 0.3) is 0 Å². The van der Waals surface area contributed by atoms with Crippen LogP contribution in [0.4, 0.5) is 22.0 Å². The summed E-state index contributed by atoms with van der Waals surface area (Å²) in [5.74, 6) is -2.33. The van der Waals surface area contributed by atoms with E-state index in [0.717, 1.165) is 6.07 Å². The predicted molar refractivity (Wildman–Crippen MR) is 72.8 cm³/mol. The second-order valence-electron chi connectivity index (χ2n) is 4.50. The molecule has 0 amide bonds. The minimum atomic E-state index is -4.55. The predicted octanol–water partition coefficient (Wildman–Crippen LogP) is 5.55. The normalized spacial score (nSPS) is 11.6. The van der Waals surface area contributed by atoms with E-state index in [-0.39, 0.29) is 27.2 Å². The topological polar surface area (TPSA) is 22.1 Å². The molecule has 0 unspecified atom stereocenters. The van der Waals surface area contributed by atoms with Gasteiger partial charge in [0.05, 0.1) is 10.0 Å². The van der Waals surface area contributed by atoms with Gasteiger partial charge >= 0.3 is 6.18 Å².